The Morgan fingerprint density at radius 2 is 0.300 bits per heavy atom. The SMILES string of the molecule is O.O.O.O.O.O.O.O.O.O.O=C(O)C(=O)O.O=C(O)C(=O)O.O=C(O)C(=O)O.[Yb].[Yb]. The smallest absolute Gasteiger partial charge is 0.414 e. The molecule has 0 saturated carbocycles. The number of carbonyl (C=O) groups is 6. The van der Waals surface area contributed by atoms with Gasteiger partial charge in [0, 0.05) is 93.8 Å². The third-order valence-corrected chi connectivity index (χ3v) is 0.549. The molecule has 0 atom stereocenters. The van der Waals surface area contributed by atoms with E-state index in [0.29, 0.717) is 0 Å². The van der Waals surface area contributed by atoms with Crippen LogP contribution in [0.15, 0.2) is 0 Å². The van der Waals surface area contributed by atoms with E-state index in [2.05, 4.69) is 0 Å². The van der Waals surface area contributed by atoms with Crippen LogP contribution in [0.5, 0.6) is 0 Å². The summed E-state index contributed by atoms with van der Waals surface area (Å²) in [5.41, 5.74) is 0. The van der Waals surface area contributed by atoms with Crippen molar-refractivity contribution in [3.05, 3.63) is 0 Å². The van der Waals surface area contributed by atoms with Crippen molar-refractivity contribution in [2.45, 2.75) is 0 Å². The molecular weight excluding hydrogens is 770 g/mol. The summed E-state index contributed by atoms with van der Waals surface area (Å²) in [5, 5.41) is 44.3. The van der Waals surface area contributed by atoms with E-state index >= 15 is 0 Å². The maximum Gasteiger partial charge on any atom is 0.414 e. The molecule has 0 aromatic rings. The Kier molecular flexibility index (Phi) is 268. The van der Waals surface area contributed by atoms with Crippen molar-refractivity contribution in [2.24, 2.45) is 0 Å². The van der Waals surface area contributed by atoms with Crippen molar-refractivity contribution in [1.29, 1.82) is 0 Å². The van der Waals surface area contributed by atoms with Crippen LogP contribution < -0.4 is 0 Å². The molecule has 0 bridgehead atoms. The Morgan fingerprint density at radius 3 is 0.300 bits per heavy atom. The fourth-order valence-electron chi connectivity index (χ4n) is 0. The van der Waals surface area contributed by atoms with Gasteiger partial charge >= 0.3 is 35.8 Å². The standard InChI is InChI=1S/3C2H2O4.10H2O.2Yb/c3*3-1(4)2(5)6;;;;;;;;;;;;/h3*(H,3,4)(H,5,6);10*1H2;;. The summed E-state index contributed by atoms with van der Waals surface area (Å²) in [7, 11) is 0. The minimum absolute atomic E-state index is 0. The zero-order valence-corrected chi connectivity index (χ0v) is 17.1. The van der Waals surface area contributed by atoms with E-state index in [1.54, 1.807) is 0 Å². The maximum atomic E-state index is 9.10. The molecular formula is C6H26O22Yb2. The second-order valence-corrected chi connectivity index (χ2v) is 1.83. The maximum absolute atomic E-state index is 9.10. The summed E-state index contributed by atoms with van der Waals surface area (Å²) in [5.74, 6) is -10.9. The van der Waals surface area contributed by atoms with Crippen LogP contribution in [0.25, 0.3) is 0 Å². The third kappa shape index (κ3) is 146. The van der Waals surface area contributed by atoms with Crippen molar-refractivity contribution in [3.63, 3.8) is 0 Å². The van der Waals surface area contributed by atoms with Gasteiger partial charge in [0.15, 0.2) is 0 Å². The minimum Gasteiger partial charge on any atom is -0.473 e. The Labute approximate surface area is 241 Å². The molecule has 22 nitrogen and oxygen atoms in total. The van der Waals surface area contributed by atoms with Gasteiger partial charge in [0.25, 0.3) is 0 Å². The van der Waals surface area contributed by atoms with Crippen molar-refractivity contribution in [3.8, 4) is 0 Å². The van der Waals surface area contributed by atoms with E-state index in [9.17, 15) is 0 Å². The fourth-order valence-corrected chi connectivity index (χ4v) is 0. The molecule has 0 amide bonds. The number of aliphatic carboxylic acids is 6. The Hall–Kier alpha value is -0.541. The van der Waals surface area contributed by atoms with Gasteiger partial charge in [-0.3, -0.25) is 0 Å². The molecule has 0 fully saturated rings. The number of hydrogen-bond acceptors (Lipinski definition) is 6. The molecule has 0 radical (unpaired) electrons. The summed E-state index contributed by atoms with van der Waals surface area (Å²) in [6, 6.07) is 0. The molecule has 0 aromatic carbocycles. The summed E-state index contributed by atoms with van der Waals surface area (Å²) in [6.07, 6.45) is 0. The molecule has 0 saturated heterocycles. The topological polar surface area (TPSA) is 539 Å². The summed E-state index contributed by atoms with van der Waals surface area (Å²) in [4.78, 5) is 54.6. The van der Waals surface area contributed by atoms with Gasteiger partial charge in [-0.05, 0) is 0 Å². The van der Waals surface area contributed by atoms with Gasteiger partial charge in [-0.15, -0.1) is 0 Å². The van der Waals surface area contributed by atoms with E-state index in [4.69, 9.17) is 59.4 Å². The molecule has 0 heterocycles. The molecule has 26 N–H and O–H groups in total. The number of rotatable bonds is 0. The molecule has 0 aliphatic carbocycles. The van der Waals surface area contributed by atoms with Gasteiger partial charge in [0.05, 0.1) is 0 Å². The Morgan fingerprint density at radius 1 is 0.267 bits per heavy atom. The first kappa shape index (κ1) is 114. The van der Waals surface area contributed by atoms with Gasteiger partial charge in [-0.2, -0.15) is 0 Å². The Bertz CT molecular complexity index is 287. The first-order chi connectivity index (χ1) is 7.93. The molecule has 0 aromatic heterocycles. The van der Waals surface area contributed by atoms with Crippen molar-refractivity contribution in [1.82, 2.24) is 0 Å². The molecule has 0 rings (SSSR count). The van der Waals surface area contributed by atoms with Crippen LogP contribution >= 0.6 is 0 Å². The molecule has 30 heavy (non-hydrogen) atoms. The van der Waals surface area contributed by atoms with Crippen LogP contribution in [0.1, 0.15) is 0 Å². The molecule has 0 aliphatic heterocycles. The van der Waals surface area contributed by atoms with Gasteiger partial charge < -0.3 is 85.4 Å². The van der Waals surface area contributed by atoms with Gasteiger partial charge in [-0.1, -0.05) is 0 Å². The molecule has 0 aliphatic rings. The number of hydrogen-bond donors (Lipinski definition) is 6. The average Bonchev–Trinajstić information content (AvgIpc) is 2.18. The monoisotopic (exact) mass is 798 g/mol. The van der Waals surface area contributed by atoms with Crippen LogP contribution in [-0.4, -0.2) is 121 Å². The predicted octanol–water partition coefficient (Wildman–Crippen LogP) is -10.8. The Balaban J connectivity index is -0.00000000721. The molecule has 24 heteroatoms. The molecule has 0 unspecified atom stereocenters. The average molecular weight is 796 g/mol. The summed E-state index contributed by atoms with van der Waals surface area (Å²) < 4.78 is 0. The van der Waals surface area contributed by atoms with Crippen molar-refractivity contribution >= 4 is 35.8 Å². The summed E-state index contributed by atoms with van der Waals surface area (Å²) in [6.45, 7) is 0. The number of carboxylic acid groups (broad SMARTS) is 6. The summed E-state index contributed by atoms with van der Waals surface area (Å²) >= 11 is 0. The second kappa shape index (κ2) is 70.4. The fraction of sp³-hybridized carbons (Fsp3) is 0. The van der Waals surface area contributed by atoms with Crippen LogP contribution in [0.4, 0.5) is 0 Å². The minimum atomic E-state index is -1.82. The zero-order valence-electron chi connectivity index (χ0n) is 13.7. The van der Waals surface area contributed by atoms with E-state index in [1.165, 1.54) is 0 Å². The van der Waals surface area contributed by atoms with E-state index in [0.717, 1.165) is 0 Å². The first-order valence-electron chi connectivity index (χ1n) is 3.32. The van der Waals surface area contributed by atoms with Crippen LogP contribution in [0, 0.1) is 93.8 Å². The first-order valence-corrected chi connectivity index (χ1v) is 3.32. The molecule has 0 spiro atoms. The zero-order chi connectivity index (χ0) is 15.5. The largest absolute Gasteiger partial charge is 0.473 e. The van der Waals surface area contributed by atoms with Gasteiger partial charge in [0.2, 0.25) is 0 Å². The second-order valence-electron chi connectivity index (χ2n) is 1.83. The third-order valence-electron chi connectivity index (χ3n) is 0.549. The van der Waals surface area contributed by atoms with Crippen LogP contribution in [-0.2, 0) is 28.8 Å². The van der Waals surface area contributed by atoms with E-state index in [-0.39, 0.29) is 149 Å². The predicted molar refractivity (Wildman–Crippen MR) is 82.0 cm³/mol. The van der Waals surface area contributed by atoms with E-state index in [1.807, 2.05) is 0 Å². The van der Waals surface area contributed by atoms with Gasteiger partial charge in [0.1, 0.15) is 0 Å². The normalized spacial score (nSPS) is 4.40. The quantitative estimate of drug-likeness (QED) is 0.125. The van der Waals surface area contributed by atoms with Crippen molar-refractivity contribution in [2.75, 3.05) is 0 Å². The number of carboxylic acids is 6. The molecule has 210 valence electrons. The van der Waals surface area contributed by atoms with Crippen LogP contribution in [0.2, 0.25) is 0 Å². The van der Waals surface area contributed by atoms with Crippen LogP contribution in [0.3, 0.4) is 0 Å². The van der Waals surface area contributed by atoms with Crippen molar-refractivity contribution < 1.29 is 208 Å². The van der Waals surface area contributed by atoms with E-state index < -0.39 is 35.8 Å². The van der Waals surface area contributed by atoms with Gasteiger partial charge in [-0.25, -0.2) is 28.8 Å².